The molecular formula is C11H14N2O2S. The topological polar surface area (TPSA) is 66.0 Å². The molecule has 0 unspecified atom stereocenters. The van der Waals surface area contributed by atoms with Crippen LogP contribution >= 0.6 is 12.2 Å². The normalized spacial score (nSPS) is 17.9. The third kappa shape index (κ3) is 2.00. The lowest BCUT2D eigenvalue weighted by Crippen LogP contribution is -2.26. The summed E-state index contributed by atoms with van der Waals surface area (Å²) >= 11 is 4.95. The highest BCUT2D eigenvalue weighted by atomic mass is 32.1. The molecule has 1 aliphatic rings. The first kappa shape index (κ1) is 11.3. The monoisotopic (exact) mass is 238 g/mol. The summed E-state index contributed by atoms with van der Waals surface area (Å²) in [6.45, 7) is 4.35. The zero-order valence-electron chi connectivity index (χ0n) is 9.33. The Morgan fingerprint density at radius 1 is 1.56 bits per heavy atom. The molecule has 16 heavy (non-hydrogen) atoms. The Morgan fingerprint density at radius 2 is 2.25 bits per heavy atom. The molecular weight excluding hydrogens is 224 g/mol. The number of rotatable bonds is 1. The van der Waals surface area contributed by atoms with Crippen molar-refractivity contribution in [2.24, 2.45) is 5.41 Å². The summed E-state index contributed by atoms with van der Waals surface area (Å²) in [6, 6.07) is 0. The summed E-state index contributed by atoms with van der Waals surface area (Å²) in [6.07, 6.45) is 2.56. The fraction of sp³-hybridized carbons (Fsp3) is 0.545. The second-order valence-corrected chi connectivity index (χ2v) is 5.38. The molecule has 0 fully saturated rings. The smallest absolute Gasteiger partial charge is 0.354 e. The molecule has 0 radical (unpaired) electrons. The quantitative estimate of drug-likeness (QED) is 0.737. The molecule has 5 heteroatoms. The minimum Gasteiger partial charge on any atom is -0.476 e. The van der Waals surface area contributed by atoms with Gasteiger partial charge >= 0.3 is 5.97 Å². The van der Waals surface area contributed by atoms with Crippen molar-refractivity contribution in [2.45, 2.75) is 33.1 Å². The number of fused-ring (bicyclic) bond motifs is 1. The number of nitrogens with one attached hydrogen (secondary N) is 1. The second-order valence-electron chi connectivity index (χ2n) is 4.99. The van der Waals surface area contributed by atoms with Crippen molar-refractivity contribution in [3.05, 3.63) is 21.7 Å². The molecule has 0 amide bonds. The number of H-pyrrole nitrogens is 1. The van der Waals surface area contributed by atoms with Gasteiger partial charge in [-0.15, -0.1) is 0 Å². The lowest BCUT2D eigenvalue weighted by molar-refractivity contribution is 0.0687. The third-order valence-corrected chi connectivity index (χ3v) is 3.22. The van der Waals surface area contributed by atoms with Crippen LogP contribution in [0.2, 0.25) is 0 Å². The Labute approximate surface area is 98.7 Å². The van der Waals surface area contributed by atoms with E-state index in [0.717, 1.165) is 30.5 Å². The van der Waals surface area contributed by atoms with Crippen molar-refractivity contribution in [1.82, 2.24) is 9.97 Å². The standard InChI is InChI=1S/C11H14N2O2S/c1-11(2)4-3-6-7(5-11)12-10(16)13-8(6)9(14)15/h3-5H2,1-2H3,(H,14,15)(H,12,13,16). The number of aromatic carboxylic acids is 1. The van der Waals surface area contributed by atoms with E-state index in [4.69, 9.17) is 17.3 Å². The zero-order chi connectivity index (χ0) is 11.9. The molecule has 1 aromatic rings. The van der Waals surface area contributed by atoms with Crippen molar-refractivity contribution in [1.29, 1.82) is 0 Å². The van der Waals surface area contributed by atoms with E-state index in [1.807, 2.05) is 0 Å². The van der Waals surface area contributed by atoms with Gasteiger partial charge in [-0.25, -0.2) is 9.78 Å². The summed E-state index contributed by atoms with van der Waals surface area (Å²) < 4.78 is 0.258. The van der Waals surface area contributed by atoms with E-state index < -0.39 is 5.97 Å². The molecule has 1 aliphatic carbocycles. The van der Waals surface area contributed by atoms with Gasteiger partial charge < -0.3 is 10.1 Å². The summed E-state index contributed by atoms with van der Waals surface area (Å²) in [4.78, 5) is 18.0. The number of hydrogen-bond donors (Lipinski definition) is 2. The van der Waals surface area contributed by atoms with Crippen LogP contribution in [0.4, 0.5) is 0 Å². The Kier molecular flexibility index (Phi) is 2.58. The van der Waals surface area contributed by atoms with E-state index in [1.54, 1.807) is 0 Å². The van der Waals surface area contributed by atoms with Crippen molar-refractivity contribution < 1.29 is 9.90 Å². The van der Waals surface area contributed by atoms with Crippen LogP contribution in [0.3, 0.4) is 0 Å². The summed E-state index contributed by atoms with van der Waals surface area (Å²) in [5.41, 5.74) is 2.07. The number of carboxylic acid groups (broad SMARTS) is 1. The molecule has 0 bridgehead atoms. The average Bonchev–Trinajstić information content (AvgIpc) is 2.13. The summed E-state index contributed by atoms with van der Waals surface area (Å²) in [5, 5.41) is 9.07. The number of carboxylic acids is 1. The van der Waals surface area contributed by atoms with Gasteiger partial charge in [0.05, 0.1) is 0 Å². The van der Waals surface area contributed by atoms with E-state index in [-0.39, 0.29) is 15.9 Å². The van der Waals surface area contributed by atoms with Crippen molar-refractivity contribution >= 4 is 18.2 Å². The summed E-state index contributed by atoms with van der Waals surface area (Å²) in [5.74, 6) is -0.990. The molecule has 0 aromatic carbocycles. The number of aromatic nitrogens is 2. The largest absolute Gasteiger partial charge is 0.476 e. The van der Waals surface area contributed by atoms with Crippen molar-refractivity contribution in [3.63, 3.8) is 0 Å². The van der Waals surface area contributed by atoms with Crippen LogP contribution < -0.4 is 0 Å². The highest BCUT2D eigenvalue weighted by molar-refractivity contribution is 7.71. The van der Waals surface area contributed by atoms with Gasteiger partial charge in [-0.2, -0.15) is 0 Å². The highest BCUT2D eigenvalue weighted by Gasteiger charge is 2.29. The van der Waals surface area contributed by atoms with Crippen LogP contribution in [0, 0.1) is 10.2 Å². The van der Waals surface area contributed by atoms with Gasteiger partial charge in [-0.1, -0.05) is 13.8 Å². The van der Waals surface area contributed by atoms with Gasteiger partial charge in [-0.05, 0) is 36.9 Å². The first-order chi connectivity index (χ1) is 7.39. The van der Waals surface area contributed by atoms with Gasteiger partial charge in [0.15, 0.2) is 10.5 Å². The van der Waals surface area contributed by atoms with E-state index in [9.17, 15) is 4.79 Å². The molecule has 1 aromatic heterocycles. The van der Waals surface area contributed by atoms with Crippen LogP contribution in [0.15, 0.2) is 0 Å². The lowest BCUT2D eigenvalue weighted by atomic mass is 9.76. The molecule has 0 saturated heterocycles. The minimum atomic E-state index is -0.990. The molecule has 0 saturated carbocycles. The van der Waals surface area contributed by atoms with E-state index >= 15 is 0 Å². The molecule has 0 atom stereocenters. The number of nitrogens with zero attached hydrogens (tertiary/aromatic N) is 1. The van der Waals surface area contributed by atoms with Gasteiger partial charge in [-0.3, -0.25) is 0 Å². The fourth-order valence-electron chi connectivity index (χ4n) is 2.17. The van der Waals surface area contributed by atoms with Crippen molar-refractivity contribution in [3.8, 4) is 0 Å². The Bertz CT molecular complexity index is 505. The van der Waals surface area contributed by atoms with E-state index in [1.165, 1.54) is 0 Å². The van der Waals surface area contributed by atoms with Gasteiger partial charge in [0, 0.05) is 11.3 Å². The van der Waals surface area contributed by atoms with E-state index in [0.29, 0.717) is 0 Å². The molecule has 1 heterocycles. The third-order valence-electron chi connectivity index (χ3n) is 3.03. The molecule has 2 rings (SSSR count). The highest BCUT2D eigenvalue weighted by Crippen LogP contribution is 2.34. The maximum atomic E-state index is 11.1. The van der Waals surface area contributed by atoms with Crippen LogP contribution in [-0.2, 0) is 12.8 Å². The Morgan fingerprint density at radius 3 is 2.88 bits per heavy atom. The van der Waals surface area contributed by atoms with Crippen LogP contribution in [0.1, 0.15) is 42.0 Å². The molecule has 0 spiro atoms. The van der Waals surface area contributed by atoms with Crippen molar-refractivity contribution in [2.75, 3.05) is 0 Å². The second kappa shape index (κ2) is 3.66. The van der Waals surface area contributed by atoms with Gasteiger partial charge in [0.25, 0.3) is 0 Å². The molecule has 4 nitrogen and oxygen atoms in total. The molecule has 2 N–H and O–H groups in total. The van der Waals surface area contributed by atoms with Crippen LogP contribution in [0.25, 0.3) is 0 Å². The van der Waals surface area contributed by atoms with Gasteiger partial charge in [0.2, 0.25) is 0 Å². The predicted octanol–water partition coefficient (Wildman–Crippen LogP) is 2.35. The lowest BCUT2D eigenvalue weighted by Gasteiger charge is -2.31. The maximum absolute atomic E-state index is 11.1. The Hall–Kier alpha value is -1.23. The van der Waals surface area contributed by atoms with Gasteiger partial charge in [0.1, 0.15) is 0 Å². The number of carbonyl (C=O) groups is 1. The summed E-state index contributed by atoms with van der Waals surface area (Å²) in [7, 11) is 0. The number of hydrogen-bond acceptors (Lipinski definition) is 3. The average molecular weight is 238 g/mol. The first-order valence-electron chi connectivity index (χ1n) is 5.24. The fourth-order valence-corrected chi connectivity index (χ4v) is 2.39. The predicted molar refractivity (Wildman–Crippen MR) is 62.2 cm³/mol. The maximum Gasteiger partial charge on any atom is 0.354 e. The zero-order valence-corrected chi connectivity index (χ0v) is 10.1. The Balaban J connectivity index is 2.58. The molecule has 86 valence electrons. The first-order valence-corrected chi connectivity index (χ1v) is 5.65. The molecule has 0 aliphatic heterocycles. The van der Waals surface area contributed by atoms with E-state index in [2.05, 4.69) is 23.8 Å². The van der Waals surface area contributed by atoms with Crippen LogP contribution in [0.5, 0.6) is 0 Å². The van der Waals surface area contributed by atoms with Crippen LogP contribution in [-0.4, -0.2) is 21.0 Å². The SMILES string of the molecule is CC1(C)CCc2c(C(=O)O)nc(=S)[nH]c2C1. The minimum absolute atomic E-state index is 0.120. The number of aromatic amines is 1.